The number of amides is 1. The Morgan fingerprint density at radius 2 is 2.25 bits per heavy atom. The summed E-state index contributed by atoms with van der Waals surface area (Å²) >= 11 is 0. The van der Waals surface area contributed by atoms with E-state index in [4.69, 9.17) is 5.11 Å². The molecule has 5 nitrogen and oxygen atoms in total. The van der Waals surface area contributed by atoms with Crippen LogP contribution in [0.4, 0.5) is 0 Å². The highest BCUT2D eigenvalue weighted by atomic mass is 16.4. The standard InChI is InChI=1S/C11H14N2O3/c1-8(11(15)16)6-10(14)13-7-9-4-2-3-5-12-9/h2-5,8H,6-7H2,1H3,(H,13,14)(H,15,16). The van der Waals surface area contributed by atoms with Gasteiger partial charge in [0.15, 0.2) is 0 Å². The third-order valence-electron chi connectivity index (χ3n) is 2.11. The fourth-order valence-electron chi connectivity index (χ4n) is 1.13. The van der Waals surface area contributed by atoms with Crippen LogP contribution in [-0.2, 0) is 16.1 Å². The third kappa shape index (κ3) is 4.08. The van der Waals surface area contributed by atoms with Crippen LogP contribution in [0.3, 0.4) is 0 Å². The van der Waals surface area contributed by atoms with E-state index < -0.39 is 11.9 Å². The molecule has 1 heterocycles. The highest BCUT2D eigenvalue weighted by Crippen LogP contribution is 2.01. The Morgan fingerprint density at radius 1 is 1.50 bits per heavy atom. The molecule has 0 saturated carbocycles. The Bertz CT molecular complexity index is 365. The zero-order valence-corrected chi connectivity index (χ0v) is 9.01. The maximum Gasteiger partial charge on any atom is 0.306 e. The lowest BCUT2D eigenvalue weighted by atomic mass is 10.1. The minimum atomic E-state index is -0.965. The molecule has 0 bridgehead atoms. The molecule has 0 spiro atoms. The molecule has 0 fully saturated rings. The number of aromatic nitrogens is 1. The van der Waals surface area contributed by atoms with Crippen molar-refractivity contribution in [2.75, 3.05) is 0 Å². The SMILES string of the molecule is CC(CC(=O)NCc1ccccn1)C(=O)O. The van der Waals surface area contributed by atoms with E-state index in [1.165, 1.54) is 6.92 Å². The molecule has 0 aromatic carbocycles. The summed E-state index contributed by atoms with van der Waals surface area (Å²) in [5.74, 6) is -1.91. The Morgan fingerprint density at radius 3 is 2.81 bits per heavy atom. The van der Waals surface area contributed by atoms with Crippen LogP contribution in [0.1, 0.15) is 19.0 Å². The third-order valence-corrected chi connectivity index (χ3v) is 2.11. The number of hydrogen-bond acceptors (Lipinski definition) is 3. The highest BCUT2D eigenvalue weighted by molar-refractivity contribution is 5.81. The van der Waals surface area contributed by atoms with Crippen LogP contribution in [0.15, 0.2) is 24.4 Å². The van der Waals surface area contributed by atoms with Gasteiger partial charge < -0.3 is 10.4 Å². The van der Waals surface area contributed by atoms with Gasteiger partial charge in [-0.1, -0.05) is 13.0 Å². The first-order chi connectivity index (χ1) is 7.59. The summed E-state index contributed by atoms with van der Waals surface area (Å²) in [7, 11) is 0. The molecule has 1 unspecified atom stereocenters. The number of carboxylic acids is 1. The minimum Gasteiger partial charge on any atom is -0.481 e. The molecule has 1 aromatic heterocycles. The number of aliphatic carboxylic acids is 1. The summed E-state index contributed by atoms with van der Waals surface area (Å²) in [6.07, 6.45) is 1.63. The number of nitrogens with zero attached hydrogens (tertiary/aromatic N) is 1. The Labute approximate surface area is 93.5 Å². The van der Waals surface area contributed by atoms with Crippen LogP contribution in [0.25, 0.3) is 0 Å². The minimum absolute atomic E-state index is 0.0117. The van der Waals surface area contributed by atoms with Gasteiger partial charge in [0.05, 0.1) is 18.2 Å². The molecule has 0 aliphatic rings. The number of pyridine rings is 1. The van der Waals surface area contributed by atoms with Gasteiger partial charge in [-0.05, 0) is 12.1 Å². The van der Waals surface area contributed by atoms with Gasteiger partial charge in [0.1, 0.15) is 0 Å². The number of carbonyl (C=O) groups is 2. The first-order valence-corrected chi connectivity index (χ1v) is 4.99. The maximum atomic E-state index is 11.3. The van der Waals surface area contributed by atoms with Crippen molar-refractivity contribution in [2.45, 2.75) is 19.9 Å². The molecule has 1 amide bonds. The van der Waals surface area contributed by atoms with Crippen LogP contribution >= 0.6 is 0 Å². The highest BCUT2D eigenvalue weighted by Gasteiger charge is 2.15. The zero-order chi connectivity index (χ0) is 12.0. The van der Waals surface area contributed by atoms with Crippen molar-refractivity contribution < 1.29 is 14.7 Å². The van der Waals surface area contributed by atoms with Gasteiger partial charge in [-0.3, -0.25) is 14.6 Å². The Kier molecular flexibility index (Phi) is 4.44. The predicted molar refractivity (Wildman–Crippen MR) is 57.5 cm³/mol. The Hall–Kier alpha value is -1.91. The lowest BCUT2D eigenvalue weighted by Crippen LogP contribution is -2.27. The van der Waals surface area contributed by atoms with E-state index in [0.29, 0.717) is 6.54 Å². The summed E-state index contributed by atoms with van der Waals surface area (Å²) in [6.45, 7) is 1.83. The van der Waals surface area contributed by atoms with E-state index in [-0.39, 0.29) is 12.3 Å². The van der Waals surface area contributed by atoms with Crippen LogP contribution in [-0.4, -0.2) is 22.0 Å². The number of carboxylic acid groups (broad SMARTS) is 1. The quantitative estimate of drug-likeness (QED) is 0.772. The summed E-state index contributed by atoms with van der Waals surface area (Å²) in [4.78, 5) is 25.9. The molecular weight excluding hydrogens is 208 g/mol. The molecule has 86 valence electrons. The second kappa shape index (κ2) is 5.85. The van der Waals surface area contributed by atoms with Crippen LogP contribution in [0.2, 0.25) is 0 Å². The monoisotopic (exact) mass is 222 g/mol. The van der Waals surface area contributed by atoms with E-state index in [2.05, 4.69) is 10.3 Å². The molecule has 1 aromatic rings. The average molecular weight is 222 g/mol. The van der Waals surface area contributed by atoms with Crippen LogP contribution in [0.5, 0.6) is 0 Å². The molecule has 1 rings (SSSR count). The van der Waals surface area contributed by atoms with Crippen molar-refractivity contribution in [3.05, 3.63) is 30.1 Å². The van der Waals surface area contributed by atoms with Gasteiger partial charge in [0, 0.05) is 12.6 Å². The molecule has 2 N–H and O–H groups in total. The largest absolute Gasteiger partial charge is 0.481 e. The molecule has 0 radical (unpaired) electrons. The van der Waals surface area contributed by atoms with Gasteiger partial charge >= 0.3 is 5.97 Å². The van der Waals surface area contributed by atoms with E-state index in [9.17, 15) is 9.59 Å². The molecule has 16 heavy (non-hydrogen) atoms. The second-order valence-corrected chi connectivity index (χ2v) is 3.54. The lowest BCUT2D eigenvalue weighted by molar-refractivity contribution is -0.143. The fraction of sp³-hybridized carbons (Fsp3) is 0.364. The van der Waals surface area contributed by atoms with E-state index in [1.807, 2.05) is 6.07 Å². The molecule has 1 atom stereocenters. The smallest absolute Gasteiger partial charge is 0.306 e. The summed E-state index contributed by atoms with van der Waals surface area (Å²) in [6, 6.07) is 5.41. The van der Waals surface area contributed by atoms with E-state index >= 15 is 0 Å². The number of carbonyl (C=O) groups excluding carboxylic acids is 1. The van der Waals surface area contributed by atoms with Crippen LogP contribution < -0.4 is 5.32 Å². The molecule has 0 aliphatic carbocycles. The van der Waals surface area contributed by atoms with Crippen molar-refractivity contribution in [1.82, 2.24) is 10.3 Å². The van der Waals surface area contributed by atoms with Gasteiger partial charge in [0.25, 0.3) is 0 Å². The van der Waals surface area contributed by atoms with Gasteiger partial charge in [0.2, 0.25) is 5.91 Å². The Balaban J connectivity index is 2.33. The van der Waals surface area contributed by atoms with Crippen molar-refractivity contribution in [1.29, 1.82) is 0 Å². The first kappa shape index (κ1) is 12.2. The van der Waals surface area contributed by atoms with Crippen molar-refractivity contribution in [3.8, 4) is 0 Å². The van der Waals surface area contributed by atoms with Crippen molar-refractivity contribution in [2.24, 2.45) is 5.92 Å². The summed E-state index contributed by atoms with van der Waals surface area (Å²) in [5.41, 5.74) is 0.749. The maximum absolute atomic E-state index is 11.3. The second-order valence-electron chi connectivity index (χ2n) is 3.54. The fourth-order valence-corrected chi connectivity index (χ4v) is 1.13. The number of nitrogens with one attached hydrogen (secondary N) is 1. The van der Waals surface area contributed by atoms with E-state index in [0.717, 1.165) is 5.69 Å². The van der Waals surface area contributed by atoms with Gasteiger partial charge in [-0.15, -0.1) is 0 Å². The van der Waals surface area contributed by atoms with Crippen molar-refractivity contribution in [3.63, 3.8) is 0 Å². The van der Waals surface area contributed by atoms with E-state index in [1.54, 1.807) is 18.3 Å². The first-order valence-electron chi connectivity index (χ1n) is 4.99. The normalized spacial score (nSPS) is 11.8. The number of rotatable bonds is 5. The van der Waals surface area contributed by atoms with Gasteiger partial charge in [-0.25, -0.2) is 0 Å². The lowest BCUT2D eigenvalue weighted by Gasteiger charge is -2.07. The molecular formula is C11H14N2O3. The number of hydrogen-bond donors (Lipinski definition) is 2. The van der Waals surface area contributed by atoms with Crippen LogP contribution in [0, 0.1) is 5.92 Å². The topological polar surface area (TPSA) is 79.3 Å². The molecule has 0 aliphatic heterocycles. The average Bonchev–Trinajstić information content (AvgIpc) is 2.27. The summed E-state index contributed by atoms with van der Waals surface area (Å²) in [5, 5.41) is 11.2. The van der Waals surface area contributed by atoms with Gasteiger partial charge in [-0.2, -0.15) is 0 Å². The van der Waals surface area contributed by atoms with Crippen molar-refractivity contribution >= 4 is 11.9 Å². The predicted octanol–water partition coefficient (Wildman–Crippen LogP) is 0.809. The zero-order valence-electron chi connectivity index (χ0n) is 9.01. The molecule has 0 saturated heterocycles. The molecule has 5 heteroatoms. The summed E-state index contributed by atoms with van der Waals surface area (Å²) < 4.78 is 0.